The highest BCUT2D eigenvalue weighted by atomic mass is 127. The number of guanidine groups is 1. The molecular weight excluding hydrogens is 401 g/mol. The molecule has 0 spiro atoms. The smallest absolute Gasteiger partial charge is 0.193 e. The lowest BCUT2D eigenvalue weighted by Crippen LogP contribution is -2.24. The number of ether oxygens (including phenoxy) is 1. The lowest BCUT2D eigenvalue weighted by atomic mass is 10.1. The van der Waals surface area contributed by atoms with E-state index in [1.165, 1.54) is 5.56 Å². The summed E-state index contributed by atoms with van der Waals surface area (Å²) in [4.78, 5) is 4.59. The number of nitrogens with zero attached hydrogens (tertiary/aromatic N) is 1. The van der Waals surface area contributed by atoms with Crippen LogP contribution < -0.4 is 11.1 Å². The van der Waals surface area contributed by atoms with Crippen molar-refractivity contribution in [2.24, 2.45) is 10.7 Å². The fraction of sp³-hybridized carbons (Fsp3) is 0.278. The Morgan fingerprint density at radius 2 is 1.87 bits per heavy atom. The second-order valence-corrected chi connectivity index (χ2v) is 5.55. The second-order valence-electron chi connectivity index (χ2n) is 5.55. The van der Waals surface area contributed by atoms with Gasteiger partial charge in [-0.15, -0.1) is 24.0 Å². The van der Waals surface area contributed by atoms with Gasteiger partial charge in [0.05, 0.1) is 12.6 Å². The molecule has 1 aliphatic rings. The third kappa shape index (κ3) is 4.68. The van der Waals surface area contributed by atoms with Crippen LogP contribution in [0.2, 0.25) is 0 Å². The Morgan fingerprint density at radius 1 is 1.17 bits per heavy atom. The molecule has 0 bridgehead atoms. The van der Waals surface area contributed by atoms with Crippen molar-refractivity contribution in [3.05, 3.63) is 65.7 Å². The summed E-state index contributed by atoms with van der Waals surface area (Å²) in [5.74, 6) is 0.961. The molecule has 2 aromatic carbocycles. The molecule has 0 amide bonds. The molecule has 0 heterocycles. The lowest BCUT2D eigenvalue weighted by molar-refractivity contribution is 0.185. The Labute approximate surface area is 154 Å². The van der Waals surface area contributed by atoms with Gasteiger partial charge in [0.15, 0.2) is 5.96 Å². The molecule has 122 valence electrons. The molecule has 1 aliphatic carbocycles. The van der Waals surface area contributed by atoms with E-state index in [1.807, 2.05) is 30.3 Å². The van der Waals surface area contributed by atoms with Crippen LogP contribution in [0.5, 0.6) is 0 Å². The number of benzene rings is 2. The van der Waals surface area contributed by atoms with Crippen LogP contribution in [0.3, 0.4) is 0 Å². The van der Waals surface area contributed by atoms with E-state index < -0.39 is 0 Å². The van der Waals surface area contributed by atoms with E-state index in [0.717, 1.165) is 17.7 Å². The first-order valence-electron chi connectivity index (χ1n) is 7.50. The summed E-state index contributed by atoms with van der Waals surface area (Å²) in [6, 6.07) is 18.7. The van der Waals surface area contributed by atoms with Gasteiger partial charge >= 0.3 is 0 Å². The predicted octanol–water partition coefficient (Wildman–Crippen LogP) is 3.73. The summed E-state index contributed by atoms with van der Waals surface area (Å²) >= 11 is 0. The van der Waals surface area contributed by atoms with Crippen LogP contribution in [0.15, 0.2) is 59.6 Å². The van der Waals surface area contributed by atoms with Crippen molar-refractivity contribution in [2.75, 3.05) is 12.4 Å². The van der Waals surface area contributed by atoms with Crippen LogP contribution in [0.25, 0.3) is 0 Å². The third-order valence-electron chi connectivity index (χ3n) is 3.87. The van der Waals surface area contributed by atoms with Gasteiger partial charge in [-0.25, -0.2) is 4.99 Å². The molecule has 1 fully saturated rings. The number of hydrogen-bond acceptors (Lipinski definition) is 2. The van der Waals surface area contributed by atoms with Gasteiger partial charge in [0.25, 0.3) is 0 Å². The SMILES string of the molecule is COCc1ccccc1NC(N)=NC1CC1c1ccccc1.I. The Balaban J connectivity index is 0.00000192. The first kappa shape index (κ1) is 17.7. The van der Waals surface area contributed by atoms with Gasteiger partial charge in [0.2, 0.25) is 0 Å². The summed E-state index contributed by atoms with van der Waals surface area (Å²) in [5.41, 5.74) is 9.40. The number of nitrogens with one attached hydrogen (secondary N) is 1. The van der Waals surface area contributed by atoms with Crippen molar-refractivity contribution in [1.82, 2.24) is 0 Å². The zero-order valence-corrected chi connectivity index (χ0v) is 15.4. The summed E-state index contributed by atoms with van der Waals surface area (Å²) in [5, 5.41) is 3.19. The zero-order chi connectivity index (χ0) is 15.4. The van der Waals surface area contributed by atoms with Gasteiger partial charge in [-0.05, 0) is 18.1 Å². The molecule has 0 saturated heterocycles. The van der Waals surface area contributed by atoms with Gasteiger partial charge in [-0.1, -0.05) is 48.5 Å². The van der Waals surface area contributed by atoms with E-state index in [0.29, 0.717) is 18.5 Å². The monoisotopic (exact) mass is 423 g/mol. The van der Waals surface area contributed by atoms with Gasteiger partial charge in [-0.3, -0.25) is 0 Å². The van der Waals surface area contributed by atoms with E-state index in [4.69, 9.17) is 10.5 Å². The molecule has 5 heteroatoms. The van der Waals surface area contributed by atoms with E-state index in [-0.39, 0.29) is 30.0 Å². The van der Waals surface area contributed by atoms with Crippen LogP contribution in [-0.4, -0.2) is 19.1 Å². The first-order chi connectivity index (χ1) is 10.8. The molecule has 3 rings (SSSR count). The Morgan fingerprint density at radius 3 is 2.61 bits per heavy atom. The van der Waals surface area contributed by atoms with Gasteiger partial charge in [0, 0.05) is 24.3 Å². The molecule has 2 atom stereocenters. The van der Waals surface area contributed by atoms with Gasteiger partial charge < -0.3 is 15.8 Å². The van der Waals surface area contributed by atoms with Crippen molar-refractivity contribution < 1.29 is 4.74 Å². The van der Waals surface area contributed by atoms with Crippen LogP contribution in [0.4, 0.5) is 5.69 Å². The van der Waals surface area contributed by atoms with Crippen LogP contribution in [0.1, 0.15) is 23.5 Å². The first-order valence-corrected chi connectivity index (χ1v) is 7.50. The average Bonchev–Trinajstić information content (AvgIpc) is 3.29. The highest BCUT2D eigenvalue weighted by Crippen LogP contribution is 2.43. The summed E-state index contributed by atoms with van der Waals surface area (Å²) in [7, 11) is 1.68. The Bertz CT molecular complexity index is 660. The molecule has 0 aromatic heterocycles. The standard InChI is InChI=1S/C18H21N3O.HI/c1-22-12-14-9-5-6-10-16(14)20-18(19)21-17-11-15(17)13-7-3-2-4-8-13;/h2-10,15,17H,11-12H2,1H3,(H3,19,20,21);1H. The van der Waals surface area contributed by atoms with Crippen molar-refractivity contribution in [3.8, 4) is 0 Å². The van der Waals surface area contributed by atoms with Crippen LogP contribution >= 0.6 is 24.0 Å². The second kappa shape index (κ2) is 8.31. The molecular formula is C18H22IN3O. The highest BCUT2D eigenvalue weighted by molar-refractivity contribution is 14.0. The maximum absolute atomic E-state index is 6.05. The maximum atomic E-state index is 6.05. The largest absolute Gasteiger partial charge is 0.380 e. The van der Waals surface area contributed by atoms with Crippen molar-refractivity contribution in [3.63, 3.8) is 0 Å². The molecule has 3 N–H and O–H groups in total. The Hall–Kier alpha value is -1.60. The van der Waals surface area contributed by atoms with E-state index in [2.05, 4.69) is 34.6 Å². The number of para-hydroxylation sites is 1. The average molecular weight is 423 g/mol. The Kier molecular flexibility index (Phi) is 6.41. The minimum atomic E-state index is 0. The van der Waals surface area contributed by atoms with Crippen molar-refractivity contribution in [2.45, 2.75) is 25.0 Å². The molecule has 0 radical (unpaired) electrons. The summed E-state index contributed by atoms with van der Waals surface area (Å²) in [6.07, 6.45) is 1.06. The topological polar surface area (TPSA) is 59.6 Å². The number of rotatable bonds is 5. The van der Waals surface area contributed by atoms with E-state index >= 15 is 0 Å². The number of aliphatic imine (C=N–C) groups is 1. The normalized spacial score (nSPS) is 19.8. The number of hydrogen-bond donors (Lipinski definition) is 2. The van der Waals surface area contributed by atoms with Crippen LogP contribution in [0, 0.1) is 0 Å². The minimum Gasteiger partial charge on any atom is -0.380 e. The molecule has 1 saturated carbocycles. The molecule has 4 nitrogen and oxygen atoms in total. The fourth-order valence-corrected chi connectivity index (χ4v) is 2.66. The number of methoxy groups -OCH3 is 1. The summed E-state index contributed by atoms with van der Waals surface area (Å²) < 4.78 is 5.20. The minimum absolute atomic E-state index is 0. The maximum Gasteiger partial charge on any atom is 0.193 e. The number of anilines is 1. The number of nitrogens with two attached hydrogens (primary N) is 1. The van der Waals surface area contributed by atoms with E-state index in [1.54, 1.807) is 7.11 Å². The lowest BCUT2D eigenvalue weighted by Gasteiger charge is -2.10. The molecule has 23 heavy (non-hydrogen) atoms. The van der Waals surface area contributed by atoms with Gasteiger partial charge in [-0.2, -0.15) is 0 Å². The summed E-state index contributed by atoms with van der Waals surface area (Å²) in [6.45, 7) is 0.548. The third-order valence-corrected chi connectivity index (χ3v) is 3.87. The van der Waals surface area contributed by atoms with E-state index in [9.17, 15) is 0 Å². The molecule has 2 aromatic rings. The highest BCUT2D eigenvalue weighted by Gasteiger charge is 2.38. The molecule has 0 aliphatic heterocycles. The quantitative estimate of drug-likeness (QED) is 0.438. The zero-order valence-electron chi connectivity index (χ0n) is 13.1. The molecule has 2 unspecified atom stereocenters. The van der Waals surface area contributed by atoms with Gasteiger partial charge in [0.1, 0.15) is 0 Å². The van der Waals surface area contributed by atoms with Crippen LogP contribution in [-0.2, 0) is 11.3 Å². The van der Waals surface area contributed by atoms with Crippen molar-refractivity contribution >= 4 is 35.6 Å². The predicted molar refractivity (Wildman–Crippen MR) is 105 cm³/mol. The van der Waals surface area contributed by atoms with Crippen molar-refractivity contribution in [1.29, 1.82) is 0 Å². The number of halogens is 1. The fourth-order valence-electron chi connectivity index (χ4n) is 2.66.